The minimum Gasteiger partial charge on any atom is -0.330 e. The molecule has 0 radical (unpaired) electrons. The van der Waals surface area contributed by atoms with Gasteiger partial charge in [0.2, 0.25) is 0 Å². The monoisotopic (exact) mass is 295 g/mol. The second kappa shape index (κ2) is 7.69. The molecule has 5 nitrogen and oxygen atoms in total. The Bertz CT molecular complexity index is 327. The van der Waals surface area contributed by atoms with Gasteiger partial charge < -0.3 is 5.73 Å². The summed E-state index contributed by atoms with van der Waals surface area (Å²) < 4.78 is 28.2. The second-order valence-electron chi connectivity index (χ2n) is 4.80. The quantitative estimate of drug-likeness (QED) is 0.727. The SMILES string of the molecule is CSC1CCC(NS(=O)(=O)N(C)CCCN)CC1. The molecule has 18 heavy (non-hydrogen) atoms. The van der Waals surface area contributed by atoms with E-state index < -0.39 is 10.2 Å². The Kier molecular flexibility index (Phi) is 6.94. The van der Waals surface area contributed by atoms with E-state index in [1.54, 1.807) is 7.05 Å². The van der Waals surface area contributed by atoms with Gasteiger partial charge in [-0.15, -0.1) is 0 Å². The van der Waals surface area contributed by atoms with Gasteiger partial charge in [-0.1, -0.05) is 0 Å². The van der Waals surface area contributed by atoms with Crippen molar-refractivity contribution in [2.24, 2.45) is 5.73 Å². The van der Waals surface area contributed by atoms with Crippen LogP contribution in [0.3, 0.4) is 0 Å². The van der Waals surface area contributed by atoms with Crippen LogP contribution in [0.5, 0.6) is 0 Å². The van der Waals surface area contributed by atoms with Crippen molar-refractivity contribution in [3.05, 3.63) is 0 Å². The van der Waals surface area contributed by atoms with Gasteiger partial charge in [-0.25, -0.2) is 0 Å². The average Bonchev–Trinajstić information content (AvgIpc) is 2.36. The van der Waals surface area contributed by atoms with Gasteiger partial charge in [-0.05, 0) is 44.9 Å². The fourth-order valence-electron chi connectivity index (χ4n) is 2.15. The number of hydrogen-bond donors (Lipinski definition) is 2. The molecule has 108 valence electrons. The summed E-state index contributed by atoms with van der Waals surface area (Å²) in [4.78, 5) is 0. The van der Waals surface area contributed by atoms with Gasteiger partial charge in [0.15, 0.2) is 0 Å². The molecule has 0 aromatic carbocycles. The highest BCUT2D eigenvalue weighted by Gasteiger charge is 2.26. The highest BCUT2D eigenvalue weighted by Crippen LogP contribution is 2.27. The standard InChI is InChI=1S/C11H25N3O2S2/c1-14(9-3-8-12)18(15,16)13-10-4-6-11(17-2)7-5-10/h10-11,13H,3-9,12H2,1-2H3. The maximum absolute atomic E-state index is 12.0. The van der Waals surface area contributed by atoms with Crippen molar-refractivity contribution >= 4 is 22.0 Å². The Balaban J connectivity index is 2.41. The van der Waals surface area contributed by atoms with E-state index >= 15 is 0 Å². The lowest BCUT2D eigenvalue weighted by Gasteiger charge is -2.29. The van der Waals surface area contributed by atoms with E-state index in [9.17, 15) is 8.42 Å². The molecule has 0 atom stereocenters. The maximum atomic E-state index is 12.0. The Morgan fingerprint density at radius 3 is 2.44 bits per heavy atom. The van der Waals surface area contributed by atoms with Crippen molar-refractivity contribution in [3.8, 4) is 0 Å². The highest BCUT2D eigenvalue weighted by molar-refractivity contribution is 7.99. The summed E-state index contributed by atoms with van der Waals surface area (Å²) in [5, 5.41) is 0.695. The number of hydrogen-bond acceptors (Lipinski definition) is 4. The Labute approximate surface area is 115 Å². The maximum Gasteiger partial charge on any atom is 0.279 e. The molecule has 0 heterocycles. The summed E-state index contributed by atoms with van der Waals surface area (Å²) in [6.07, 6.45) is 6.89. The van der Waals surface area contributed by atoms with Crippen molar-refractivity contribution in [1.29, 1.82) is 0 Å². The summed E-state index contributed by atoms with van der Waals surface area (Å²) in [5.74, 6) is 0. The van der Waals surface area contributed by atoms with Gasteiger partial charge in [0.05, 0.1) is 0 Å². The normalized spacial score (nSPS) is 25.6. The molecule has 1 aliphatic rings. The lowest BCUT2D eigenvalue weighted by atomic mass is 9.96. The van der Waals surface area contributed by atoms with E-state index in [0.29, 0.717) is 24.8 Å². The zero-order chi connectivity index (χ0) is 13.6. The van der Waals surface area contributed by atoms with Crippen molar-refractivity contribution < 1.29 is 8.42 Å². The van der Waals surface area contributed by atoms with Crippen LogP contribution in [-0.2, 0) is 10.2 Å². The lowest BCUT2D eigenvalue weighted by molar-refractivity contribution is 0.395. The molecule has 0 spiro atoms. The number of thioether (sulfide) groups is 1. The summed E-state index contributed by atoms with van der Waals surface area (Å²) in [6, 6.07) is 0.0960. The largest absolute Gasteiger partial charge is 0.330 e. The van der Waals surface area contributed by atoms with Crippen LogP contribution in [0, 0.1) is 0 Å². The molecule has 0 aromatic heterocycles. The predicted octanol–water partition coefficient (Wildman–Crippen LogP) is 0.776. The van der Waals surface area contributed by atoms with Gasteiger partial charge in [0, 0.05) is 24.9 Å². The molecule has 7 heteroatoms. The summed E-state index contributed by atoms with van der Waals surface area (Å²) in [7, 11) is -1.73. The molecule has 1 rings (SSSR count). The van der Waals surface area contributed by atoms with Crippen LogP contribution in [-0.4, -0.2) is 50.4 Å². The molecule has 1 fully saturated rings. The molecule has 0 bridgehead atoms. The minimum atomic E-state index is -3.34. The average molecular weight is 295 g/mol. The molecule has 1 aliphatic carbocycles. The molecule has 0 amide bonds. The Morgan fingerprint density at radius 1 is 1.33 bits per heavy atom. The summed E-state index contributed by atoms with van der Waals surface area (Å²) in [5.41, 5.74) is 5.39. The molecule has 0 aromatic rings. The van der Waals surface area contributed by atoms with E-state index in [0.717, 1.165) is 25.7 Å². The molecule has 1 saturated carbocycles. The Morgan fingerprint density at radius 2 is 1.94 bits per heavy atom. The smallest absolute Gasteiger partial charge is 0.279 e. The van der Waals surface area contributed by atoms with Gasteiger partial charge >= 0.3 is 0 Å². The first-order valence-electron chi connectivity index (χ1n) is 6.46. The zero-order valence-corrected chi connectivity index (χ0v) is 12.9. The first-order valence-corrected chi connectivity index (χ1v) is 9.19. The first-order chi connectivity index (χ1) is 8.49. The fraction of sp³-hybridized carbons (Fsp3) is 1.00. The lowest BCUT2D eigenvalue weighted by Crippen LogP contribution is -2.45. The van der Waals surface area contributed by atoms with Crippen molar-refractivity contribution in [1.82, 2.24) is 9.03 Å². The van der Waals surface area contributed by atoms with E-state index in [1.807, 2.05) is 11.8 Å². The minimum absolute atomic E-state index is 0.0960. The molecule has 0 unspecified atom stereocenters. The van der Waals surface area contributed by atoms with Gasteiger partial charge in [-0.2, -0.15) is 29.2 Å². The van der Waals surface area contributed by atoms with Crippen LogP contribution in [0.4, 0.5) is 0 Å². The third-order valence-electron chi connectivity index (χ3n) is 3.41. The number of nitrogens with two attached hydrogens (primary N) is 1. The Hall–Kier alpha value is 0.180. The first kappa shape index (κ1) is 16.2. The summed E-state index contributed by atoms with van der Waals surface area (Å²) >= 11 is 1.88. The van der Waals surface area contributed by atoms with Gasteiger partial charge in [0.1, 0.15) is 0 Å². The zero-order valence-electron chi connectivity index (χ0n) is 11.3. The number of nitrogens with zero attached hydrogens (tertiary/aromatic N) is 1. The van der Waals surface area contributed by atoms with E-state index in [1.165, 1.54) is 4.31 Å². The van der Waals surface area contributed by atoms with Crippen molar-refractivity contribution in [2.75, 3.05) is 26.4 Å². The topological polar surface area (TPSA) is 75.4 Å². The molecule has 0 aliphatic heterocycles. The number of rotatable bonds is 7. The molecule has 0 saturated heterocycles. The van der Waals surface area contributed by atoms with Gasteiger partial charge in [-0.3, -0.25) is 0 Å². The second-order valence-corrected chi connectivity index (χ2v) is 7.74. The van der Waals surface area contributed by atoms with Gasteiger partial charge in [0.25, 0.3) is 10.2 Å². The van der Waals surface area contributed by atoms with E-state index in [2.05, 4.69) is 11.0 Å². The molecular formula is C11H25N3O2S2. The fourth-order valence-corrected chi connectivity index (χ4v) is 4.10. The van der Waals surface area contributed by atoms with Crippen LogP contribution in [0.15, 0.2) is 0 Å². The third kappa shape index (κ3) is 5.05. The molecular weight excluding hydrogens is 270 g/mol. The van der Waals surface area contributed by atoms with Crippen LogP contribution in [0.2, 0.25) is 0 Å². The molecule has 3 N–H and O–H groups in total. The third-order valence-corrected chi connectivity index (χ3v) is 6.18. The highest BCUT2D eigenvalue weighted by atomic mass is 32.2. The summed E-state index contributed by atoms with van der Waals surface area (Å²) in [6.45, 7) is 0.991. The van der Waals surface area contributed by atoms with Crippen LogP contribution < -0.4 is 10.5 Å². The van der Waals surface area contributed by atoms with E-state index in [-0.39, 0.29) is 6.04 Å². The van der Waals surface area contributed by atoms with Crippen LogP contribution in [0.25, 0.3) is 0 Å². The van der Waals surface area contributed by atoms with Crippen molar-refractivity contribution in [2.45, 2.75) is 43.4 Å². The van der Waals surface area contributed by atoms with Crippen LogP contribution in [0.1, 0.15) is 32.1 Å². The van der Waals surface area contributed by atoms with E-state index in [4.69, 9.17) is 5.73 Å². The predicted molar refractivity (Wildman–Crippen MR) is 77.9 cm³/mol. The number of nitrogens with one attached hydrogen (secondary N) is 1. The van der Waals surface area contributed by atoms with Crippen molar-refractivity contribution in [3.63, 3.8) is 0 Å². The van der Waals surface area contributed by atoms with Crippen LogP contribution >= 0.6 is 11.8 Å².